The number of Topliss-reactive ketones (excluding diaryl/α,β-unsaturated/α-hetero) is 1. The lowest BCUT2D eigenvalue weighted by molar-refractivity contribution is -0.122. The topological polar surface area (TPSA) is 82.4 Å². The van der Waals surface area contributed by atoms with E-state index in [-0.39, 0.29) is 17.7 Å². The number of carbonyl (C=O) groups excluding carboxylic acids is 2. The first-order valence-corrected chi connectivity index (χ1v) is 9.61. The highest BCUT2D eigenvalue weighted by atomic mass is 16.5. The maximum absolute atomic E-state index is 12.3. The maximum Gasteiger partial charge on any atom is 0.220 e. The lowest BCUT2D eigenvalue weighted by Crippen LogP contribution is -2.31. The van der Waals surface area contributed by atoms with Crippen LogP contribution in [0, 0.1) is 0 Å². The first-order valence-electron chi connectivity index (χ1n) is 9.61. The Morgan fingerprint density at radius 2 is 2.14 bits per heavy atom. The van der Waals surface area contributed by atoms with Crippen LogP contribution in [0.2, 0.25) is 0 Å². The van der Waals surface area contributed by atoms with Gasteiger partial charge < -0.3 is 14.8 Å². The van der Waals surface area contributed by atoms with Crippen LogP contribution in [0.15, 0.2) is 24.4 Å². The second kappa shape index (κ2) is 8.91. The maximum atomic E-state index is 12.3. The number of benzene rings is 1. The van der Waals surface area contributed by atoms with Crippen molar-refractivity contribution in [1.29, 1.82) is 0 Å². The molecule has 1 N–H and O–H groups in total. The van der Waals surface area contributed by atoms with E-state index in [1.807, 2.05) is 17.9 Å². The van der Waals surface area contributed by atoms with Gasteiger partial charge in [0.2, 0.25) is 5.91 Å². The Labute approximate surface area is 165 Å². The monoisotopic (exact) mass is 385 g/mol. The van der Waals surface area contributed by atoms with Crippen molar-refractivity contribution in [3.05, 3.63) is 41.2 Å². The average Bonchev–Trinajstić information content (AvgIpc) is 3.07. The van der Waals surface area contributed by atoms with E-state index in [2.05, 4.69) is 10.4 Å². The molecule has 1 aliphatic rings. The van der Waals surface area contributed by atoms with Gasteiger partial charge in [-0.05, 0) is 50.8 Å². The number of ether oxygens (including phenoxy) is 2. The molecule has 1 aromatic carbocycles. The van der Waals surface area contributed by atoms with Crippen molar-refractivity contribution in [3.63, 3.8) is 0 Å². The fourth-order valence-electron chi connectivity index (χ4n) is 3.54. The fraction of sp³-hybridized carbons (Fsp3) is 0.476. The molecular formula is C21H27N3O4. The van der Waals surface area contributed by atoms with Crippen molar-refractivity contribution >= 4 is 11.7 Å². The number of rotatable bonds is 8. The molecule has 150 valence electrons. The highest BCUT2D eigenvalue weighted by Crippen LogP contribution is 2.30. The third-order valence-corrected chi connectivity index (χ3v) is 5.09. The van der Waals surface area contributed by atoms with Gasteiger partial charge >= 0.3 is 0 Å². The molecule has 2 aromatic rings. The average molecular weight is 385 g/mol. The number of hydrogen-bond donors (Lipinski definition) is 1. The molecule has 7 nitrogen and oxygen atoms in total. The van der Waals surface area contributed by atoms with E-state index >= 15 is 0 Å². The normalized spacial score (nSPS) is 15.6. The number of ketones is 1. The molecule has 28 heavy (non-hydrogen) atoms. The zero-order valence-electron chi connectivity index (χ0n) is 16.7. The van der Waals surface area contributed by atoms with Crippen molar-refractivity contribution in [2.24, 2.45) is 7.05 Å². The molecule has 0 spiro atoms. The van der Waals surface area contributed by atoms with Gasteiger partial charge in [0.05, 0.1) is 26.0 Å². The van der Waals surface area contributed by atoms with Gasteiger partial charge in [0.15, 0.2) is 17.3 Å². The Hall–Kier alpha value is -2.83. The second-order valence-electron chi connectivity index (χ2n) is 7.06. The summed E-state index contributed by atoms with van der Waals surface area (Å²) in [6, 6.07) is 5.15. The highest BCUT2D eigenvalue weighted by Gasteiger charge is 2.24. The summed E-state index contributed by atoms with van der Waals surface area (Å²) in [6.45, 7) is 1.90. The van der Waals surface area contributed by atoms with Gasteiger partial charge in [0.1, 0.15) is 0 Å². The van der Waals surface area contributed by atoms with Crippen molar-refractivity contribution in [1.82, 2.24) is 15.1 Å². The lowest BCUT2D eigenvalue weighted by atomic mass is 9.93. The molecule has 0 bridgehead atoms. The molecule has 1 unspecified atom stereocenters. The summed E-state index contributed by atoms with van der Waals surface area (Å²) in [4.78, 5) is 23.8. The summed E-state index contributed by atoms with van der Waals surface area (Å²) in [7, 11) is 3.48. The predicted molar refractivity (Wildman–Crippen MR) is 105 cm³/mol. The Morgan fingerprint density at radius 3 is 2.89 bits per heavy atom. The quantitative estimate of drug-likeness (QED) is 0.558. The first kappa shape index (κ1) is 19.9. The molecule has 0 aliphatic heterocycles. The molecule has 1 amide bonds. The largest absolute Gasteiger partial charge is 0.493 e. The van der Waals surface area contributed by atoms with Gasteiger partial charge in [0.25, 0.3) is 0 Å². The number of aryl methyl sites for hydroxylation is 1. The molecule has 1 heterocycles. The Morgan fingerprint density at radius 1 is 1.32 bits per heavy atom. The van der Waals surface area contributed by atoms with E-state index in [0.29, 0.717) is 36.5 Å². The van der Waals surface area contributed by atoms with Gasteiger partial charge in [-0.2, -0.15) is 5.10 Å². The number of nitrogens with one attached hydrogen (secondary N) is 1. The van der Waals surface area contributed by atoms with Crippen LogP contribution in [0.5, 0.6) is 11.5 Å². The number of aromatic nitrogens is 2. The minimum Gasteiger partial charge on any atom is -0.493 e. The third kappa shape index (κ3) is 4.52. The van der Waals surface area contributed by atoms with E-state index in [9.17, 15) is 9.59 Å². The molecular weight excluding hydrogens is 358 g/mol. The van der Waals surface area contributed by atoms with Crippen molar-refractivity contribution < 1.29 is 19.1 Å². The molecule has 0 saturated carbocycles. The molecule has 0 saturated heterocycles. The summed E-state index contributed by atoms with van der Waals surface area (Å²) in [5.74, 6) is 1.08. The predicted octanol–water partition coefficient (Wildman–Crippen LogP) is 2.98. The van der Waals surface area contributed by atoms with Crippen LogP contribution >= 0.6 is 0 Å². The van der Waals surface area contributed by atoms with Crippen LogP contribution in [0.3, 0.4) is 0 Å². The van der Waals surface area contributed by atoms with Crippen LogP contribution in [-0.2, 0) is 18.3 Å². The Kier molecular flexibility index (Phi) is 6.34. The van der Waals surface area contributed by atoms with Crippen LogP contribution in [0.25, 0.3) is 0 Å². The van der Waals surface area contributed by atoms with Crippen molar-refractivity contribution in [3.8, 4) is 11.5 Å². The minimum absolute atomic E-state index is 0.0178. The van der Waals surface area contributed by atoms with Gasteiger partial charge in [-0.15, -0.1) is 0 Å². The molecule has 1 aromatic heterocycles. The fourth-order valence-corrected chi connectivity index (χ4v) is 3.54. The summed E-state index contributed by atoms with van der Waals surface area (Å²) in [5, 5.41) is 7.43. The SMILES string of the molecule is COc1cc(C(C)=O)ccc1OCCCC(=O)NC1CCCc2c1cnn2C. The summed E-state index contributed by atoms with van der Waals surface area (Å²) in [5.41, 5.74) is 2.92. The number of hydrogen-bond acceptors (Lipinski definition) is 5. The van der Waals surface area contributed by atoms with Crippen molar-refractivity contribution in [2.75, 3.05) is 13.7 Å². The van der Waals surface area contributed by atoms with E-state index in [1.165, 1.54) is 19.7 Å². The van der Waals surface area contributed by atoms with E-state index in [1.54, 1.807) is 18.2 Å². The van der Waals surface area contributed by atoms with E-state index < -0.39 is 0 Å². The number of methoxy groups -OCH3 is 1. The number of amides is 1. The minimum atomic E-state index is -0.0268. The molecule has 7 heteroatoms. The summed E-state index contributed by atoms with van der Waals surface area (Å²) < 4.78 is 12.9. The standard InChI is InChI=1S/C21H27N3O4/c1-14(25)15-9-10-19(20(12-15)27-3)28-11-5-8-21(26)23-17-6-4-7-18-16(17)13-22-24(18)2/h9-10,12-13,17H,4-8,11H2,1-3H3,(H,23,26). The summed E-state index contributed by atoms with van der Waals surface area (Å²) in [6.07, 6.45) is 5.85. The smallest absolute Gasteiger partial charge is 0.220 e. The van der Waals surface area contributed by atoms with Gasteiger partial charge in [-0.1, -0.05) is 0 Å². The lowest BCUT2D eigenvalue weighted by Gasteiger charge is -2.23. The molecule has 0 radical (unpaired) electrons. The first-order chi connectivity index (χ1) is 13.5. The van der Waals surface area contributed by atoms with Gasteiger partial charge in [-0.3, -0.25) is 14.3 Å². The zero-order valence-corrected chi connectivity index (χ0v) is 16.7. The van der Waals surface area contributed by atoms with Crippen LogP contribution in [0.4, 0.5) is 0 Å². The highest BCUT2D eigenvalue weighted by molar-refractivity contribution is 5.94. The van der Waals surface area contributed by atoms with Gasteiger partial charge in [-0.25, -0.2) is 0 Å². The summed E-state index contributed by atoms with van der Waals surface area (Å²) >= 11 is 0. The second-order valence-corrected chi connectivity index (χ2v) is 7.06. The molecule has 0 fully saturated rings. The number of carbonyl (C=O) groups is 2. The molecule has 3 rings (SSSR count). The number of fused-ring (bicyclic) bond motifs is 1. The van der Waals surface area contributed by atoms with E-state index in [4.69, 9.17) is 9.47 Å². The number of nitrogens with zero attached hydrogens (tertiary/aromatic N) is 2. The van der Waals surface area contributed by atoms with Gasteiger partial charge in [0, 0.05) is 30.3 Å². The Balaban J connectivity index is 1.47. The van der Waals surface area contributed by atoms with Crippen LogP contribution in [0.1, 0.15) is 60.3 Å². The zero-order chi connectivity index (χ0) is 20.1. The van der Waals surface area contributed by atoms with Crippen LogP contribution in [-0.4, -0.2) is 35.2 Å². The molecule has 1 aliphatic carbocycles. The van der Waals surface area contributed by atoms with E-state index in [0.717, 1.165) is 24.8 Å². The van der Waals surface area contributed by atoms with Crippen molar-refractivity contribution in [2.45, 2.75) is 45.1 Å². The Bertz CT molecular complexity index is 859. The third-order valence-electron chi connectivity index (χ3n) is 5.09. The van der Waals surface area contributed by atoms with Crippen LogP contribution < -0.4 is 14.8 Å². The molecule has 1 atom stereocenters.